The number of nitrogens with zero attached hydrogens (tertiary/aromatic N) is 3. The lowest BCUT2D eigenvalue weighted by Gasteiger charge is -2.31. The minimum atomic E-state index is -4.05. The van der Waals surface area contributed by atoms with Crippen LogP contribution in [0, 0.1) is 27.2 Å². The zero-order valence-electron chi connectivity index (χ0n) is 17.2. The molecule has 1 N–H and O–H groups in total. The van der Waals surface area contributed by atoms with Gasteiger partial charge in [-0.1, -0.05) is 17.7 Å². The minimum Gasteiger partial charge on any atom is -0.365 e. The van der Waals surface area contributed by atoms with Crippen molar-refractivity contribution in [2.45, 2.75) is 24.9 Å². The molecule has 32 heavy (non-hydrogen) atoms. The standard InChI is InChI=1S/C21H20N4O6S/c1-15-3-13-21(14-4-15)32(30,31)23(18-9-11-20(12-10-18)25(28)29)16(2)22-17-5-7-19(8-6-17)24(26)27/h3-14,16,22H,1-2H3. The minimum absolute atomic E-state index is 0.0544. The van der Waals surface area contributed by atoms with Crippen LogP contribution in [-0.2, 0) is 10.0 Å². The van der Waals surface area contributed by atoms with Crippen molar-refractivity contribution in [3.05, 3.63) is 98.6 Å². The molecule has 3 aromatic rings. The van der Waals surface area contributed by atoms with Crippen molar-refractivity contribution in [1.29, 1.82) is 0 Å². The number of non-ortho nitro benzene ring substituents is 2. The molecule has 3 aromatic carbocycles. The van der Waals surface area contributed by atoms with Crippen LogP contribution in [0.3, 0.4) is 0 Å². The van der Waals surface area contributed by atoms with E-state index in [1.165, 1.54) is 60.7 Å². The Morgan fingerprint density at radius 2 is 1.28 bits per heavy atom. The molecule has 11 heteroatoms. The van der Waals surface area contributed by atoms with Crippen molar-refractivity contribution in [3.63, 3.8) is 0 Å². The normalized spacial score (nSPS) is 12.1. The molecule has 0 saturated heterocycles. The van der Waals surface area contributed by atoms with Crippen LogP contribution in [0.5, 0.6) is 0 Å². The molecule has 0 aliphatic heterocycles. The summed E-state index contributed by atoms with van der Waals surface area (Å²) in [7, 11) is -4.05. The van der Waals surface area contributed by atoms with Crippen LogP contribution in [0.4, 0.5) is 22.7 Å². The van der Waals surface area contributed by atoms with E-state index in [0.717, 1.165) is 9.87 Å². The van der Waals surface area contributed by atoms with Crippen LogP contribution in [0.2, 0.25) is 0 Å². The summed E-state index contributed by atoms with van der Waals surface area (Å²) in [6.07, 6.45) is -0.829. The highest BCUT2D eigenvalue weighted by Crippen LogP contribution is 2.29. The highest BCUT2D eigenvalue weighted by atomic mass is 32.2. The summed E-state index contributed by atoms with van der Waals surface area (Å²) in [6, 6.07) is 17.1. The van der Waals surface area contributed by atoms with Crippen molar-refractivity contribution >= 4 is 32.8 Å². The largest absolute Gasteiger partial charge is 0.365 e. The first-order chi connectivity index (χ1) is 15.1. The number of sulfonamides is 1. The molecule has 0 bridgehead atoms. The smallest absolute Gasteiger partial charge is 0.269 e. The Bertz CT molecular complexity index is 1230. The number of nitro groups is 2. The number of nitrogens with one attached hydrogen (secondary N) is 1. The molecule has 1 unspecified atom stereocenters. The molecule has 166 valence electrons. The van der Waals surface area contributed by atoms with E-state index in [-0.39, 0.29) is 22.0 Å². The molecule has 0 saturated carbocycles. The Kier molecular flexibility index (Phi) is 6.40. The fourth-order valence-corrected chi connectivity index (χ4v) is 4.67. The van der Waals surface area contributed by atoms with Crippen molar-refractivity contribution in [1.82, 2.24) is 0 Å². The number of hydrogen-bond donors (Lipinski definition) is 1. The van der Waals surface area contributed by atoms with Gasteiger partial charge in [0.15, 0.2) is 0 Å². The molecule has 0 aromatic heterocycles. The van der Waals surface area contributed by atoms with Gasteiger partial charge < -0.3 is 5.32 Å². The molecule has 0 heterocycles. The summed E-state index contributed by atoms with van der Waals surface area (Å²) in [4.78, 5) is 20.8. The highest BCUT2D eigenvalue weighted by molar-refractivity contribution is 7.92. The molecule has 3 rings (SSSR count). The average molecular weight is 456 g/mol. The Morgan fingerprint density at radius 1 is 0.812 bits per heavy atom. The van der Waals surface area contributed by atoms with E-state index in [1.807, 2.05) is 6.92 Å². The maximum absolute atomic E-state index is 13.5. The van der Waals surface area contributed by atoms with Crippen LogP contribution in [0.25, 0.3) is 0 Å². The summed E-state index contributed by atoms with van der Waals surface area (Å²) < 4.78 is 28.1. The topological polar surface area (TPSA) is 136 Å². The Labute approximate surface area is 184 Å². The van der Waals surface area contributed by atoms with Crippen LogP contribution < -0.4 is 9.62 Å². The first kappa shape index (κ1) is 22.7. The molecule has 0 aliphatic carbocycles. The third-order valence-electron chi connectivity index (χ3n) is 4.70. The second-order valence-corrected chi connectivity index (χ2v) is 8.83. The van der Waals surface area contributed by atoms with Gasteiger partial charge in [0.1, 0.15) is 6.17 Å². The van der Waals surface area contributed by atoms with Gasteiger partial charge in [-0.05, 0) is 50.2 Å². The van der Waals surface area contributed by atoms with Gasteiger partial charge in [0.05, 0.1) is 20.4 Å². The van der Waals surface area contributed by atoms with E-state index < -0.39 is 26.0 Å². The molecular formula is C21H20N4O6S. The van der Waals surface area contributed by atoms with E-state index in [1.54, 1.807) is 19.1 Å². The zero-order valence-corrected chi connectivity index (χ0v) is 18.0. The van der Waals surface area contributed by atoms with Gasteiger partial charge in [-0.25, -0.2) is 12.7 Å². The predicted molar refractivity (Wildman–Crippen MR) is 120 cm³/mol. The predicted octanol–water partition coefficient (Wildman–Crippen LogP) is 4.46. The van der Waals surface area contributed by atoms with E-state index in [4.69, 9.17) is 0 Å². The van der Waals surface area contributed by atoms with E-state index >= 15 is 0 Å². The summed E-state index contributed by atoms with van der Waals surface area (Å²) in [5, 5.41) is 24.9. The van der Waals surface area contributed by atoms with E-state index in [2.05, 4.69) is 5.32 Å². The number of nitro benzene ring substituents is 2. The highest BCUT2D eigenvalue weighted by Gasteiger charge is 2.30. The molecule has 0 spiro atoms. The lowest BCUT2D eigenvalue weighted by Crippen LogP contribution is -2.43. The first-order valence-electron chi connectivity index (χ1n) is 9.46. The average Bonchev–Trinajstić information content (AvgIpc) is 2.74. The van der Waals surface area contributed by atoms with Crippen molar-refractivity contribution in [3.8, 4) is 0 Å². The maximum Gasteiger partial charge on any atom is 0.269 e. The van der Waals surface area contributed by atoms with Crippen molar-refractivity contribution in [2.24, 2.45) is 0 Å². The molecule has 0 fully saturated rings. The molecule has 0 aliphatic rings. The fraction of sp³-hybridized carbons (Fsp3) is 0.143. The Hall–Kier alpha value is -3.99. The molecule has 0 amide bonds. The molecule has 1 atom stereocenters. The number of rotatable bonds is 8. The van der Waals surface area contributed by atoms with Gasteiger partial charge >= 0.3 is 0 Å². The first-order valence-corrected chi connectivity index (χ1v) is 10.9. The second kappa shape index (κ2) is 9.02. The number of aryl methyl sites for hydroxylation is 1. The summed E-state index contributed by atoms with van der Waals surface area (Å²) in [5.74, 6) is 0. The number of hydrogen-bond acceptors (Lipinski definition) is 7. The van der Waals surface area contributed by atoms with Crippen molar-refractivity contribution < 1.29 is 18.3 Å². The molecular weight excluding hydrogens is 436 g/mol. The summed E-state index contributed by atoms with van der Waals surface area (Å²) in [5.41, 5.74) is 1.32. The maximum atomic E-state index is 13.5. The SMILES string of the molecule is Cc1ccc(S(=O)(=O)N(c2ccc([N+](=O)[O-])cc2)C(C)Nc2ccc([N+](=O)[O-])cc2)cc1. The molecule has 10 nitrogen and oxygen atoms in total. The van der Waals surface area contributed by atoms with Crippen molar-refractivity contribution in [2.75, 3.05) is 9.62 Å². The van der Waals surface area contributed by atoms with Gasteiger partial charge in [-0.2, -0.15) is 0 Å². The van der Waals surface area contributed by atoms with Crippen LogP contribution in [0.15, 0.2) is 77.7 Å². The third kappa shape index (κ3) is 4.83. The van der Waals surface area contributed by atoms with E-state index in [0.29, 0.717) is 5.69 Å². The monoisotopic (exact) mass is 456 g/mol. The Balaban J connectivity index is 2.01. The number of anilines is 2. The lowest BCUT2D eigenvalue weighted by atomic mass is 10.2. The summed E-state index contributed by atoms with van der Waals surface area (Å²) in [6.45, 7) is 3.44. The van der Waals surface area contributed by atoms with E-state index in [9.17, 15) is 28.6 Å². The van der Waals surface area contributed by atoms with Gasteiger partial charge in [-0.15, -0.1) is 0 Å². The van der Waals surface area contributed by atoms with Crippen LogP contribution in [-0.4, -0.2) is 24.4 Å². The fourth-order valence-electron chi connectivity index (χ4n) is 3.09. The Morgan fingerprint density at radius 3 is 1.75 bits per heavy atom. The van der Waals surface area contributed by atoms with Gasteiger partial charge in [0, 0.05) is 30.0 Å². The molecule has 0 radical (unpaired) electrons. The van der Waals surface area contributed by atoms with Crippen LogP contribution in [0.1, 0.15) is 12.5 Å². The zero-order chi connectivity index (χ0) is 23.5. The number of benzene rings is 3. The van der Waals surface area contributed by atoms with Gasteiger partial charge in [0.2, 0.25) is 0 Å². The van der Waals surface area contributed by atoms with Crippen LogP contribution >= 0.6 is 0 Å². The second-order valence-electron chi connectivity index (χ2n) is 7.01. The summed E-state index contributed by atoms with van der Waals surface area (Å²) >= 11 is 0. The van der Waals surface area contributed by atoms with Gasteiger partial charge in [-0.3, -0.25) is 20.2 Å². The quantitative estimate of drug-likeness (QED) is 0.300. The lowest BCUT2D eigenvalue weighted by molar-refractivity contribution is -0.385. The third-order valence-corrected chi connectivity index (χ3v) is 6.61. The van der Waals surface area contributed by atoms with Gasteiger partial charge in [0.25, 0.3) is 21.4 Å².